The van der Waals surface area contributed by atoms with Gasteiger partial charge >= 0.3 is 5.97 Å². The van der Waals surface area contributed by atoms with Crippen LogP contribution in [-0.2, 0) is 6.42 Å². The van der Waals surface area contributed by atoms with Crippen molar-refractivity contribution in [3.8, 4) is 11.4 Å². The number of hydrogen-bond donors (Lipinski definition) is 1. The Morgan fingerprint density at radius 1 is 1.53 bits per heavy atom. The van der Waals surface area contributed by atoms with E-state index in [1.54, 1.807) is 12.5 Å². The number of imidazole rings is 1. The zero-order chi connectivity index (χ0) is 14.0. The Morgan fingerprint density at radius 2 is 2.26 bits per heavy atom. The Bertz CT molecular complexity index is 584. The molecule has 2 aromatic heterocycles. The standard InChI is InChI=1S/C13H17N3O3/c1-4-5-10-11(13(17)18)12(15-19-10)9-6-14-7-16(9)8(2)3/h6-8H,4-5H2,1-3H3,(H,17,18). The lowest BCUT2D eigenvalue weighted by molar-refractivity contribution is 0.0695. The van der Waals surface area contributed by atoms with Gasteiger partial charge in [-0.3, -0.25) is 0 Å². The highest BCUT2D eigenvalue weighted by Crippen LogP contribution is 2.28. The van der Waals surface area contributed by atoms with Crippen LogP contribution in [0.2, 0.25) is 0 Å². The summed E-state index contributed by atoms with van der Waals surface area (Å²) in [6.45, 7) is 5.96. The van der Waals surface area contributed by atoms with Crippen molar-refractivity contribution >= 4 is 5.97 Å². The number of aromatic nitrogens is 3. The number of rotatable bonds is 5. The number of carboxylic acid groups (broad SMARTS) is 1. The lowest BCUT2D eigenvalue weighted by Crippen LogP contribution is -2.06. The SMILES string of the molecule is CCCc1onc(-c2cncn2C(C)C)c1C(=O)O. The van der Waals surface area contributed by atoms with E-state index in [1.165, 1.54) is 0 Å². The van der Waals surface area contributed by atoms with Gasteiger partial charge in [0.05, 0.1) is 18.2 Å². The first kappa shape index (κ1) is 13.3. The number of aromatic carboxylic acids is 1. The van der Waals surface area contributed by atoms with Crippen molar-refractivity contribution in [1.29, 1.82) is 0 Å². The summed E-state index contributed by atoms with van der Waals surface area (Å²) in [5.41, 5.74) is 1.16. The number of carbonyl (C=O) groups is 1. The van der Waals surface area contributed by atoms with Crippen LogP contribution in [0.4, 0.5) is 0 Å². The predicted molar refractivity (Wildman–Crippen MR) is 69.1 cm³/mol. The Morgan fingerprint density at radius 3 is 2.84 bits per heavy atom. The van der Waals surface area contributed by atoms with E-state index in [0.717, 1.165) is 6.42 Å². The first-order chi connectivity index (χ1) is 9.06. The molecule has 0 atom stereocenters. The molecular weight excluding hydrogens is 246 g/mol. The second-order valence-electron chi connectivity index (χ2n) is 4.66. The fraction of sp³-hybridized carbons (Fsp3) is 0.462. The van der Waals surface area contributed by atoms with E-state index >= 15 is 0 Å². The Labute approximate surface area is 111 Å². The van der Waals surface area contributed by atoms with E-state index < -0.39 is 5.97 Å². The topological polar surface area (TPSA) is 81.2 Å². The van der Waals surface area contributed by atoms with E-state index in [-0.39, 0.29) is 11.6 Å². The van der Waals surface area contributed by atoms with Crippen LogP contribution in [0.3, 0.4) is 0 Å². The predicted octanol–water partition coefficient (Wildman–Crippen LogP) is 2.77. The van der Waals surface area contributed by atoms with Gasteiger partial charge in [-0.2, -0.15) is 0 Å². The number of carboxylic acids is 1. The molecular formula is C13H17N3O3. The summed E-state index contributed by atoms with van der Waals surface area (Å²) in [6, 6.07) is 0.172. The van der Waals surface area contributed by atoms with Gasteiger partial charge in [-0.1, -0.05) is 12.1 Å². The van der Waals surface area contributed by atoms with Crippen LogP contribution in [0.1, 0.15) is 49.4 Å². The average molecular weight is 263 g/mol. The third-order valence-corrected chi connectivity index (χ3v) is 2.92. The zero-order valence-corrected chi connectivity index (χ0v) is 11.3. The van der Waals surface area contributed by atoms with E-state index in [0.29, 0.717) is 23.6 Å². The summed E-state index contributed by atoms with van der Waals surface area (Å²) in [7, 11) is 0. The van der Waals surface area contributed by atoms with Crippen LogP contribution in [0.5, 0.6) is 0 Å². The third-order valence-electron chi connectivity index (χ3n) is 2.92. The number of aryl methyl sites for hydroxylation is 1. The smallest absolute Gasteiger partial charge is 0.341 e. The highest BCUT2D eigenvalue weighted by atomic mass is 16.5. The van der Waals surface area contributed by atoms with E-state index in [1.807, 2.05) is 25.3 Å². The first-order valence-corrected chi connectivity index (χ1v) is 6.30. The first-order valence-electron chi connectivity index (χ1n) is 6.30. The van der Waals surface area contributed by atoms with Gasteiger partial charge in [0.25, 0.3) is 0 Å². The lowest BCUT2D eigenvalue weighted by Gasteiger charge is -2.09. The molecule has 0 aliphatic heterocycles. The molecule has 0 spiro atoms. The minimum absolute atomic E-state index is 0.143. The summed E-state index contributed by atoms with van der Waals surface area (Å²) in [5.74, 6) is -0.599. The summed E-state index contributed by atoms with van der Waals surface area (Å²) >= 11 is 0. The van der Waals surface area contributed by atoms with E-state index in [2.05, 4.69) is 10.1 Å². The highest BCUT2D eigenvalue weighted by Gasteiger charge is 2.25. The molecule has 0 saturated carbocycles. The fourth-order valence-electron chi connectivity index (χ4n) is 2.02. The van der Waals surface area contributed by atoms with Crippen LogP contribution in [-0.4, -0.2) is 25.8 Å². The molecule has 0 bridgehead atoms. The summed E-state index contributed by atoms with van der Waals surface area (Å²) < 4.78 is 7.06. The van der Waals surface area contributed by atoms with Crippen LogP contribution < -0.4 is 0 Å². The van der Waals surface area contributed by atoms with Crippen molar-refractivity contribution in [2.24, 2.45) is 0 Å². The molecule has 1 N–H and O–H groups in total. The van der Waals surface area contributed by atoms with Gasteiger partial charge < -0.3 is 14.2 Å². The van der Waals surface area contributed by atoms with Gasteiger partial charge in [-0.05, 0) is 20.3 Å². The van der Waals surface area contributed by atoms with Gasteiger partial charge in [0.1, 0.15) is 11.3 Å². The fourth-order valence-corrected chi connectivity index (χ4v) is 2.02. The molecule has 0 aromatic carbocycles. The van der Waals surface area contributed by atoms with Crippen molar-refractivity contribution in [2.45, 2.75) is 39.7 Å². The van der Waals surface area contributed by atoms with Gasteiger partial charge in [0.2, 0.25) is 0 Å². The maximum atomic E-state index is 11.4. The molecule has 2 rings (SSSR count). The molecule has 6 nitrogen and oxygen atoms in total. The maximum absolute atomic E-state index is 11.4. The molecule has 0 fully saturated rings. The molecule has 6 heteroatoms. The molecule has 102 valence electrons. The van der Waals surface area contributed by atoms with Crippen LogP contribution in [0, 0.1) is 0 Å². The number of hydrogen-bond acceptors (Lipinski definition) is 4. The van der Waals surface area contributed by atoms with Crippen LogP contribution in [0.25, 0.3) is 11.4 Å². The summed E-state index contributed by atoms with van der Waals surface area (Å²) in [4.78, 5) is 15.5. The Hall–Kier alpha value is -2.11. The zero-order valence-electron chi connectivity index (χ0n) is 11.3. The van der Waals surface area contributed by atoms with Crippen molar-refractivity contribution < 1.29 is 14.4 Å². The van der Waals surface area contributed by atoms with Crippen molar-refractivity contribution in [1.82, 2.24) is 14.7 Å². The molecule has 0 amide bonds. The molecule has 0 aliphatic rings. The van der Waals surface area contributed by atoms with Crippen molar-refractivity contribution in [3.05, 3.63) is 23.8 Å². The summed E-state index contributed by atoms with van der Waals surface area (Å²) in [6.07, 6.45) is 4.64. The number of nitrogens with zero attached hydrogens (tertiary/aromatic N) is 3. The molecule has 2 aromatic rings. The molecule has 0 unspecified atom stereocenters. The van der Waals surface area contributed by atoms with Crippen molar-refractivity contribution in [3.63, 3.8) is 0 Å². The largest absolute Gasteiger partial charge is 0.477 e. The quantitative estimate of drug-likeness (QED) is 0.897. The monoisotopic (exact) mass is 263 g/mol. The minimum Gasteiger partial charge on any atom is -0.477 e. The van der Waals surface area contributed by atoms with Crippen molar-refractivity contribution in [2.75, 3.05) is 0 Å². The highest BCUT2D eigenvalue weighted by molar-refractivity contribution is 5.95. The Balaban J connectivity index is 2.56. The Kier molecular flexibility index (Phi) is 3.69. The second-order valence-corrected chi connectivity index (χ2v) is 4.66. The second kappa shape index (κ2) is 5.26. The normalized spacial score (nSPS) is 11.2. The van der Waals surface area contributed by atoms with Gasteiger partial charge in [0.15, 0.2) is 5.76 Å². The molecule has 2 heterocycles. The minimum atomic E-state index is -1.02. The van der Waals surface area contributed by atoms with Gasteiger partial charge in [0, 0.05) is 12.5 Å². The van der Waals surface area contributed by atoms with E-state index in [9.17, 15) is 9.90 Å². The van der Waals surface area contributed by atoms with Gasteiger partial charge in [-0.15, -0.1) is 0 Å². The third kappa shape index (κ3) is 2.38. The van der Waals surface area contributed by atoms with Crippen LogP contribution in [0.15, 0.2) is 17.0 Å². The summed E-state index contributed by atoms with van der Waals surface area (Å²) in [5, 5.41) is 13.3. The van der Waals surface area contributed by atoms with E-state index in [4.69, 9.17) is 4.52 Å². The molecule has 0 aliphatic carbocycles. The molecule has 19 heavy (non-hydrogen) atoms. The maximum Gasteiger partial charge on any atom is 0.341 e. The lowest BCUT2D eigenvalue weighted by atomic mass is 10.1. The van der Waals surface area contributed by atoms with Gasteiger partial charge in [-0.25, -0.2) is 9.78 Å². The molecule has 0 radical (unpaired) electrons. The van der Waals surface area contributed by atoms with Crippen LogP contribution >= 0.6 is 0 Å². The molecule has 0 saturated heterocycles. The average Bonchev–Trinajstić information content (AvgIpc) is 2.93.